The molecule has 0 aliphatic carbocycles. The molecular formula is C12H14N2O4. The second kappa shape index (κ2) is 5.81. The number of carbonyl (C=O) groups is 2. The van der Waals surface area contributed by atoms with E-state index in [1.165, 1.54) is 20.1 Å². The third-order valence-corrected chi connectivity index (χ3v) is 2.14. The number of phenolic OH excluding ortho intramolecular Hbond substituents is 1. The summed E-state index contributed by atoms with van der Waals surface area (Å²) in [6, 6.07) is 4.00. The number of esters is 1. The minimum absolute atomic E-state index is 0.0675. The van der Waals surface area contributed by atoms with Crippen molar-refractivity contribution in [2.75, 3.05) is 12.4 Å². The molecule has 0 saturated heterocycles. The van der Waals surface area contributed by atoms with Crippen molar-refractivity contribution in [3.8, 4) is 5.75 Å². The Kier molecular flexibility index (Phi) is 4.42. The molecule has 1 aromatic rings. The summed E-state index contributed by atoms with van der Waals surface area (Å²) >= 11 is 0. The van der Waals surface area contributed by atoms with E-state index in [9.17, 15) is 14.7 Å². The van der Waals surface area contributed by atoms with Crippen molar-refractivity contribution in [1.82, 2.24) is 0 Å². The lowest BCUT2D eigenvalue weighted by Crippen LogP contribution is -2.16. The summed E-state index contributed by atoms with van der Waals surface area (Å²) in [7, 11) is 1.20. The molecule has 0 spiro atoms. The summed E-state index contributed by atoms with van der Waals surface area (Å²) < 4.78 is 4.41. The monoisotopic (exact) mass is 250 g/mol. The first kappa shape index (κ1) is 13.7. The van der Waals surface area contributed by atoms with Gasteiger partial charge < -0.3 is 15.2 Å². The summed E-state index contributed by atoms with van der Waals surface area (Å²) in [6.45, 7) is 3.18. The topological polar surface area (TPSA) is 88.0 Å². The zero-order valence-electron chi connectivity index (χ0n) is 10.4. The molecule has 0 saturated carbocycles. The Hall–Kier alpha value is -2.37. The molecule has 0 aromatic heterocycles. The van der Waals surface area contributed by atoms with E-state index in [0.29, 0.717) is 0 Å². The Labute approximate surface area is 104 Å². The lowest BCUT2D eigenvalue weighted by atomic mass is 10.2. The number of amides is 2. The lowest BCUT2D eigenvalue weighted by Gasteiger charge is -2.06. The summed E-state index contributed by atoms with van der Waals surface area (Å²) in [5.41, 5.74) is 1.04. The van der Waals surface area contributed by atoms with Gasteiger partial charge >= 0.3 is 12.0 Å². The van der Waals surface area contributed by atoms with Crippen molar-refractivity contribution in [1.29, 1.82) is 0 Å². The first-order valence-electron chi connectivity index (χ1n) is 5.18. The first-order chi connectivity index (χ1) is 8.43. The Bertz CT molecular complexity index is 509. The number of hydrogen-bond acceptors (Lipinski definition) is 4. The van der Waals surface area contributed by atoms with Crippen LogP contribution in [0.3, 0.4) is 0 Å². The molecule has 0 aliphatic rings. The van der Waals surface area contributed by atoms with Gasteiger partial charge in [0, 0.05) is 0 Å². The number of hydrogen-bond donors (Lipinski definition) is 2. The smallest absolute Gasteiger partial charge is 0.352 e. The summed E-state index contributed by atoms with van der Waals surface area (Å²) in [4.78, 5) is 26.0. The van der Waals surface area contributed by atoms with Crippen molar-refractivity contribution in [3.05, 3.63) is 23.8 Å². The fourth-order valence-electron chi connectivity index (χ4n) is 1.24. The number of nitrogens with one attached hydrogen (secondary N) is 1. The van der Waals surface area contributed by atoms with Crippen LogP contribution in [-0.2, 0) is 9.53 Å². The molecule has 0 atom stereocenters. The fraction of sp³-hybridized carbons (Fsp3) is 0.250. The molecule has 6 nitrogen and oxygen atoms in total. The summed E-state index contributed by atoms with van der Waals surface area (Å²) in [6.07, 6.45) is 0. The van der Waals surface area contributed by atoms with E-state index in [1.54, 1.807) is 12.1 Å². The van der Waals surface area contributed by atoms with Crippen molar-refractivity contribution < 1.29 is 19.4 Å². The molecule has 2 amide bonds. The second-order valence-corrected chi connectivity index (χ2v) is 3.64. The predicted molar refractivity (Wildman–Crippen MR) is 67.0 cm³/mol. The maximum absolute atomic E-state index is 11.5. The minimum Gasteiger partial charge on any atom is -0.506 e. The van der Waals surface area contributed by atoms with Crippen LogP contribution in [0.5, 0.6) is 5.75 Å². The lowest BCUT2D eigenvalue weighted by molar-refractivity contribution is -0.132. The average molecular weight is 250 g/mol. The standard InChI is InChI=1S/C12H14N2O4/c1-7-4-5-10(15)9(6-7)14-12(17)13-8(2)11(16)18-3/h4-6,15H,1-3H3,(H,14,17). The van der Waals surface area contributed by atoms with E-state index in [1.807, 2.05) is 6.92 Å². The number of methoxy groups -OCH3 is 1. The SMILES string of the molecule is COC(=O)C(C)=NC(=O)Nc1cc(C)ccc1O. The number of rotatable bonds is 2. The number of carbonyl (C=O) groups excluding carboxylic acids is 2. The maximum Gasteiger partial charge on any atom is 0.352 e. The second-order valence-electron chi connectivity index (χ2n) is 3.64. The van der Waals surface area contributed by atoms with Crippen LogP contribution in [0.1, 0.15) is 12.5 Å². The normalized spacial score (nSPS) is 10.9. The molecule has 2 N–H and O–H groups in total. The molecule has 96 valence electrons. The van der Waals surface area contributed by atoms with Gasteiger partial charge in [-0.25, -0.2) is 9.59 Å². The molecule has 18 heavy (non-hydrogen) atoms. The quantitative estimate of drug-likeness (QED) is 0.476. The van der Waals surface area contributed by atoms with Crippen LogP contribution < -0.4 is 5.32 Å². The number of anilines is 1. The highest BCUT2D eigenvalue weighted by Gasteiger charge is 2.10. The van der Waals surface area contributed by atoms with Gasteiger partial charge in [0.15, 0.2) is 0 Å². The first-order valence-corrected chi connectivity index (χ1v) is 5.18. The fourth-order valence-corrected chi connectivity index (χ4v) is 1.24. The molecule has 0 aliphatic heterocycles. The van der Waals surface area contributed by atoms with E-state index in [-0.39, 0.29) is 17.1 Å². The molecule has 0 bridgehead atoms. The van der Waals surface area contributed by atoms with E-state index in [4.69, 9.17) is 0 Å². The van der Waals surface area contributed by atoms with E-state index in [2.05, 4.69) is 15.0 Å². The van der Waals surface area contributed by atoms with E-state index < -0.39 is 12.0 Å². The number of ether oxygens (including phenoxy) is 1. The van der Waals surface area contributed by atoms with Crippen molar-refractivity contribution >= 4 is 23.4 Å². The highest BCUT2D eigenvalue weighted by atomic mass is 16.5. The number of phenols is 1. The summed E-state index contributed by atoms with van der Waals surface area (Å²) in [5.74, 6) is -0.751. The van der Waals surface area contributed by atoms with Crippen LogP contribution in [0.15, 0.2) is 23.2 Å². The van der Waals surface area contributed by atoms with Gasteiger partial charge in [-0.1, -0.05) is 6.07 Å². The van der Waals surface area contributed by atoms with Crippen molar-refractivity contribution in [3.63, 3.8) is 0 Å². The maximum atomic E-state index is 11.5. The van der Waals surface area contributed by atoms with Crippen molar-refractivity contribution in [2.45, 2.75) is 13.8 Å². The zero-order valence-corrected chi connectivity index (χ0v) is 10.4. The van der Waals surface area contributed by atoms with Gasteiger partial charge in [-0.15, -0.1) is 0 Å². The van der Waals surface area contributed by atoms with Gasteiger partial charge in [-0.3, -0.25) is 0 Å². The van der Waals surface area contributed by atoms with Gasteiger partial charge in [0.2, 0.25) is 0 Å². The molecule has 6 heteroatoms. The van der Waals surface area contributed by atoms with Gasteiger partial charge in [0.1, 0.15) is 11.5 Å². The van der Waals surface area contributed by atoms with Crippen LogP contribution in [0.4, 0.5) is 10.5 Å². The molecule has 0 unspecified atom stereocenters. The zero-order chi connectivity index (χ0) is 13.7. The Morgan fingerprint density at radius 2 is 2.06 bits per heavy atom. The average Bonchev–Trinajstić information content (AvgIpc) is 2.32. The largest absolute Gasteiger partial charge is 0.506 e. The van der Waals surface area contributed by atoms with Gasteiger partial charge in [-0.05, 0) is 31.5 Å². The van der Waals surface area contributed by atoms with Crippen LogP contribution >= 0.6 is 0 Å². The van der Waals surface area contributed by atoms with Gasteiger partial charge in [0.25, 0.3) is 0 Å². The Morgan fingerprint density at radius 3 is 2.67 bits per heavy atom. The predicted octanol–water partition coefficient (Wildman–Crippen LogP) is 1.87. The van der Waals surface area contributed by atoms with E-state index in [0.717, 1.165) is 5.56 Å². The third-order valence-electron chi connectivity index (χ3n) is 2.14. The molecular weight excluding hydrogens is 236 g/mol. The summed E-state index contributed by atoms with van der Waals surface area (Å²) in [5, 5.41) is 11.9. The Balaban J connectivity index is 2.82. The van der Waals surface area contributed by atoms with Crippen molar-refractivity contribution in [2.24, 2.45) is 4.99 Å². The molecule has 0 heterocycles. The molecule has 1 aromatic carbocycles. The van der Waals surface area contributed by atoms with Crippen LogP contribution in [0.2, 0.25) is 0 Å². The third kappa shape index (κ3) is 3.58. The van der Waals surface area contributed by atoms with Crippen LogP contribution in [-0.4, -0.2) is 29.9 Å². The molecule has 0 fully saturated rings. The minimum atomic E-state index is -0.751. The number of benzene rings is 1. The number of urea groups is 1. The molecule has 1 rings (SSSR count). The highest BCUT2D eigenvalue weighted by Crippen LogP contribution is 2.23. The van der Waals surface area contributed by atoms with Gasteiger partial charge in [0.05, 0.1) is 12.8 Å². The Morgan fingerprint density at radius 1 is 1.39 bits per heavy atom. The molecule has 0 radical (unpaired) electrons. The highest BCUT2D eigenvalue weighted by molar-refractivity contribution is 6.37. The van der Waals surface area contributed by atoms with E-state index >= 15 is 0 Å². The van der Waals surface area contributed by atoms with Gasteiger partial charge in [-0.2, -0.15) is 4.99 Å². The number of aromatic hydroxyl groups is 1. The number of aryl methyl sites for hydroxylation is 1. The van der Waals surface area contributed by atoms with Crippen LogP contribution in [0, 0.1) is 6.92 Å². The van der Waals surface area contributed by atoms with Crippen LogP contribution in [0.25, 0.3) is 0 Å². The number of aliphatic imine (C=N–C) groups is 1. The number of nitrogens with zero attached hydrogens (tertiary/aromatic N) is 1.